The first kappa shape index (κ1) is 35.6. The lowest BCUT2D eigenvalue weighted by atomic mass is 9.98. The summed E-state index contributed by atoms with van der Waals surface area (Å²) in [6.07, 6.45) is 7.66. The van der Waals surface area contributed by atoms with E-state index in [0.717, 1.165) is 30.4 Å². The van der Waals surface area contributed by atoms with Gasteiger partial charge in [0.25, 0.3) is 0 Å². The molecule has 1 rings (SSSR count). The number of hydrogen-bond donors (Lipinski definition) is 4. The fourth-order valence-electron chi connectivity index (χ4n) is 4.23. The van der Waals surface area contributed by atoms with Crippen molar-refractivity contribution in [2.45, 2.75) is 110 Å². The molecule has 0 heterocycles. The first-order valence-electron chi connectivity index (χ1n) is 14.4. The Balaban J connectivity index is 2.39. The number of allylic oxidation sites excluding steroid dienone is 1. The SMILES string of the molecule is C/C=C\c1cc(CC(N)C(=O)NCCCCC(C)NC(=O)NC(CCC(=O)OC(C)(C)C)C(=O)OC)ccc1CC. The highest BCUT2D eigenvalue weighted by atomic mass is 16.6. The molecule has 5 N–H and O–H groups in total. The summed E-state index contributed by atoms with van der Waals surface area (Å²) in [5.74, 6) is -1.29. The van der Waals surface area contributed by atoms with Gasteiger partial charge >= 0.3 is 18.0 Å². The summed E-state index contributed by atoms with van der Waals surface area (Å²) < 4.78 is 10.0. The Bertz CT molecular complexity index is 1030. The first-order valence-corrected chi connectivity index (χ1v) is 14.4. The Hall–Kier alpha value is -3.40. The average Bonchev–Trinajstić information content (AvgIpc) is 2.89. The lowest BCUT2D eigenvalue weighted by Crippen LogP contribution is -2.49. The Kier molecular flexibility index (Phi) is 15.7. The highest BCUT2D eigenvalue weighted by Crippen LogP contribution is 2.16. The number of ether oxygens (including phenoxy) is 2. The minimum atomic E-state index is -0.974. The third-order valence-corrected chi connectivity index (χ3v) is 6.32. The van der Waals surface area contributed by atoms with Crippen molar-refractivity contribution in [1.82, 2.24) is 16.0 Å². The van der Waals surface area contributed by atoms with Crippen molar-refractivity contribution in [1.29, 1.82) is 0 Å². The smallest absolute Gasteiger partial charge is 0.328 e. The van der Waals surface area contributed by atoms with Gasteiger partial charge in [0, 0.05) is 19.0 Å². The van der Waals surface area contributed by atoms with Gasteiger partial charge in [-0.3, -0.25) is 9.59 Å². The predicted octanol–water partition coefficient (Wildman–Crippen LogP) is 3.79. The number of carbonyl (C=O) groups excluding carboxylic acids is 4. The van der Waals surface area contributed by atoms with Crippen LogP contribution in [0.3, 0.4) is 0 Å². The van der Waals surface area contributed by atoms with E-state index < -0.39 is 35.7 Å². The summed E-state index contributed by atoms with van der Waals surface area (Å²) in [7, 11) is 1.22. The second-order valence-electron chi connectivity index (χ2n) is 11.2. The van der Waals surface area contributed by atoms with Crippen LogP contribution in [0.5, 0.6) is 0 Å². The maximum atomic E-state index is 12.5. The normalized spacial score (nSPS) is 13.7. The fraction of sp³-hybridized carbons (Fsp3) is 0.613. The topological polar surface area (TPSA) is 149 Å². The quantitative estimate of drug-likeness (QED) is 0.173. The number of hydrogen-bond acceptors (Lipinski definition) is 7. The number of esters is 2. The molecule has 0 radical (unpaired) electrons. The molecule has 0 spiro atoms. The largest absolute Gasteiger partial charge is 0.467 e. The number of rotatable bonds is 16. The van der Waals surface area contributed by atoms with Gasteiger partial charge in [0.2, 0.25) is 5.91 Å². The molecule has 0 bridgehead atoms. The second kappa shape index (κ2) is 18.1. The number of nitrogens with two attached hydrogens (primary N) is 1. The third kappa shape index (κ3) is 14.7. The molecule has 41 heavy (non-hydrogen) atoms. The minimum absolute atomic E-state index is 0.0371. The van der Waals surface area contributed by atoms with E-state index in [9.17, 15) is 19.2 Å². The number of benzene rings is 1. The molecule has 3 amide bonds. The first-order chi connectivity index (χ1) is 19.3. The van der Waals surface area contributed by atoms with Crippen molar-refractivity contribution in [3.63, 3.8) is 0 Å². The standard InChI is InChI=1S/C31H50N4O6/c1-8-12-24-19-22(14-15-23(24)9-2)20-25(32)28(37)33-18-11-10-13-21(3)34-30(39)35-26(29(38)40-7)16-17-27(36)41-31(4,5)6/h8,12,14-15,19,21,25-26H,9-11,13,16-18,20,32H2,1-7H3,(H,33,37)(H2,34,35,39)/b12-8-. The zero-order chi connectivity index (χ0) is 31.0. The maximum Gasteiger partial charge on any atom is 0.328 e. The average molecular weight is 575 g/mol. The molecule has 3 atom stereocenters. The van der Waals surface area contributed by atoms with Gasteiger partial charge in [-0.15, -0.1) is 0 Å². The van der Waals surface area contributed by atoms with Gasteiger partial charge in [-0.2, -0.15) is 0 Å². The lowest BCUT2D eigenvalue weighted by molar-refractivity contribution is -0.155. The number of carbonyl (C=O) groups is 4. The van der Waals surface area contributed by atoms with Crippen LogP contribution in [0.15, 0.2) is 24.3 Å². The summed E-state index contributed by atoms with van der Waals surface area (Å²) >= 11 is 0. The molecule has 0 fully saturated rings. The van der Waals surface area contributed by atoms with E-state index >= 15 is 0 Å². The molecule has 0 aliphatic rings. The third-order valence-electron chi connectivity index (χ3n) is 6.32. The number of nitrogens with one attached hydrogen (secondary N) is 3. The van der Waals surface area contributed by atoms with Crippen LogP contribution in [0.1, 0.15) is 90.3 Å². The predicted molar refractivity (Wildman–Crippen MR) is 161 cm³/mol. The van der Waals surface area contributed by atoms with Gasteiger partial charge in [0.05, 0.1) is 13.2 Å². The molecule has 0 aromatic heterocycles. The van der Waals surface area contributed by atoms with Gasteiger partial charge in [0.15, 0.2) is 0 Å². The van der Waals surface area contributed by atoms with E-state index in [0.29, 0.717) is 19.4 Å². The fourth-order valence-corrected chi connectivity index (χ4v) is 4.23. The molecule has 1 aromatic rings. The summed E-state index contributed by atoms with van der Waals surface area (Å²) in [5, 5.41) is 8.27. The Morgan fingerprint density at radius 2 is 1.78 bits per heavy atom. The number of amides is 3. The number of urea groups is 1. The van der Waals surface area contributed by atoms with Crippen molar-refractivity contribution in [2.24, 2.45) is 5.73 Å². The van der Waals surface area contributed by atoms with Crippen molar-refractivity contribution >= 4 is 30.0 Å². The van der Waals surface area contributed by atoms with Gasteiger partial charge in [-0.25, -0.2) is 9.59 Å². The number of aryl methyl sites for hydroxylation is 1. The van der Waals surface area contributed by atoms with Gasteiger partial charge in [-0.1, -0.05) is 37.3 Å². The van der Waals surface area contributed by atoms with Crippen molar-refractivity contribution in [3.05, 3.63) is 41.0 Å². The van der Waals surface area contributed by atoms with Gasteiger partial charge < -0.3 is 31.2 Å². The van der Waals surface area contributed by atoms with E-state index in [1.165, 1.54) is 12.7 Å². The Morgan fingerprint density at radius 1 is 1.07 bits per heavy atom. The molecular formula is C31H50N4O6. The van der Waals surface area contributed by atoms with Gasteiger partial charge in [0.1, 0.15) is 11.6 Å². The van der Waals surface area contributed by atoms with Crippen LogP contribution in [0.4, 0.5) is 4.79 Å². The Morgan fingerprint density at radius 3 is 2.39 bits per heavy atom. The van der Waals surface area contributed by atoms with Gasteiger partial charge in [-0.05, 0) is 89.8 Å². The van der Waals surface area contributed by atoms with Crippen molar-refractivity contribution in [2.75, 3.05) is 13.7 Å². The van der Waals surface area contributed by atoms with E-state index in [2.05, 4.69) is 41.1 Å². The van der Waals surface area contributed by atoms with Crippen LogP contribution in [0, 0.1) is 0 Å². The maximum absolute atomic E-state index is 12.5. The Labute approximate surface area is 245 Å². The van der Waals surface area contributed by atoms with Crippen molar-refractivity contribution < 1.29 is 28.7 Å². The summed E-state index contributed by atoms with van der Waals surface area (Å²) in [6, 6.07) is 3.89. The summed E-state index contributed by atoms with van der Waals surface area (Å²) in [6.45, 7) is 11.7. The van der Waals surface area contributed by atoms with E-state index in [4.69, 9.17) is 15.2 Å². The molecule has 0 saturated carbocycles. The second-order valence-corrected chi connectivity index (χ2v) is 11.2. The zero-order valence-electron chi connectivity index (χ0n) is 25.8. The number of unbranched alkanes of at least 4 members (excludes halogenated alkanes) is 1. The van der Waals surface area contributed by atoms with Crippen LogP contribution < -0.4 is 21.7 Å². The lowest BCUT2D eigenvalue weighted by Gasteiger charge is -2.21. The zero-order valence-corrected chi connectivity index (χ0v) is 25.8. The molecular weight excluding hydrogens is 524 g/mol. The van der Waals surface area contributed by atoms with Crippen LogP contribution >= 0.6 is 0 Å². The molecule has 10 nitrogen and oxygen atoms in total. The number of methoxy groups -OCH3 is 1. The minimum Gasteiger partial charge on any atom is -0.467 e. The van der Waals surface area contributed by atoms with E-state index in [1.54, 1.807) is 20.8 Å². The van der Waals surface area contributed by atoms with Crippen LogP contribution in [-0.2, 0) is 36.7 Å². The van der Waals surface area contributed by atoms with Crippen LogP contribution in [0.2, 0.25) is 0 Å². The van der Waals surface area contributed by atoms with Crippen molar-refractivity contribution in [3.8, 4) is 0 Å². The summed E-state index contributed by atoms with van der Waals surface area (Å²) in [4.78, 5) is 49.0. The van der Waals surface area contributed by atoms with Crippen LogP contribution in [0.25, 0.3) is 6.08 Å². The highest BCUT2D eigenvalue weighted by Gasteiger charge is 2.25. The van der Waals surface area contributed by atoms with E-state index in [1.807, 2.05) is 26.0 Å². The monoisotopic (exact) mass is 574 g/mol. The molecule has 0 aliphatic carbocycles. The molecule has 1 aromatic carbocycles. The molecule has 10 heteroatoms. The molecule has 230 valence electrons. The summed E-state index contributed by atoms with van der Waals surface area (Å²) in [5.41, 5.74) is 8.95. The molecule has 0 aliphatic heterocycles. The molecule has 0 saturated heterocycles. The van der Waals surface area contributed by atoms with E-state index in [-0.39, 0.29) is 24.8 Å². The molecule has 3 unspecified atom stereocenters. The van der Waals surface area contributed by atoms with Crippen LogP contribution in [-0.4, -0.2) is 61.3 Å². The highest BCUT2D eigenvalue weighted by molar-refractivity contribution is 5.84.